The van der Waals surface area contributed by atoms with Crippen LogP contribution in [0, 0.1) is 6.92 Å². The van der Waals surface area contributed by atoms with Gasteiger partial charge in [-0.15, -0.1) is 0 Å². The predicted molar refractivity (Wildman–Crippen MR) is 76.1 cm³/mol. The van der Waals surface area contributed by atoms with Crippen LogP contribution >= 0.6 is 34.8 Å². The molecule has 0 aliphatic heterocycles. The van der Waals surface area contributed by atoms with Crippen molar-refractivity contribution in [1.29, 1.82) is 0 Å². The molecule has 4 heteroatoms. The van der Waals surface area contributed by atoms with E-state index in [2.05, 4.69) is 0 Å². The summed E-state index contributed by atoms with van der Waals surface area (Å²) in [6, 6.07) is 10.3. The molecular weight excluding hydrogens is 291 g/mol. The average Bonchev–Trinajstić information content (AvgIpc) is 2.27. The maximum absolute atomic E-state index is 12.4. The summed E-state index contributed by atoms with van der Waals surface area (Å²) in [5, 5.41) is 0.938. The van der Waals surface area contributed by atoms with Gasteiger partial charge in [0.1, 0.15) is 0 Å². The fraction of sp³-hybridized carbons (Fsp3) is 0.0714. The molecule has 18 heavy (non-hydrogen) atoms. The zero-order chi connectivity index (χ0) is 13.3. The highest BCUT2D eigenvalue weighted by Crippen LogP contribution is 2.31. The molecule has 92 valence electrons. The van der Waals surface area contributed by atoms with Gasteiger partial charge in [0.2, 0.25) is 0 Å². The number of carbonyl (C=O) groups is 1. The molecule has 0 bridgehead atoms. The molecule has 0 radical (unpaired) electrons. The topological polar surface area (TPSA) is 17.1 Å². The quantitative estimate of drug-likeness (QED) is 0.698. The maximum Gasteiger partial charge on any atom is 0.196 e. The van der Waals surface area contributed by atoms with Crippen molar-refractivity contribution in [3.63, 3.8) is 0 Å². The van der Waals surface area contributed by atoms with Gasteiger partial charge in [0.15, 0.2) is 5.78 Å². The molecular formula is C14H9Cl3O. The highest BCUT2D eigenvalue weighted by atomic mass is 35.5. The highest BCUT2D eigenvalue weighted by Gasteiger charge is 2.18. The maximum atomic E-state index is 12.4. The second-order valence-electron chi connectivity index (χ2n) is 3.89. The van der Waals surface area contributed by atoms with E-state index in [4.69, 9.17) is 34.8 Å². The molecule has 1 nitrogen and oxygen atoms in total. The Morgan fingerprint density at radius 1 is 1.00 bits per heavy atom. The first kappa shape index (κ1) is 13.4. The zero-order valence-corrected chi connectivity index (χ0v) is 11.8. The van der Waals surface area contributed by atoms with Gasteiger partial charge in [-0.3, -0.25) is 4.79 Å². The average molecular weight is 300 g/mol. The Balaban J connectivity index is 2.57. The number of benzene rings is 2. The van der Waals surface area contributed by atoms with Crippen LogP contribution in [0.3, 0.4) is 0 Å². The Labute approximate surface area is 120 Å². The molecule has 0 spiro atoms. The lowest BCUT2D eigenvalue weighted by atomic mass is 9.99. The van der Waals surface area contributed by atoms with Gasteiger partial charge in [0.25, 0.3) is 0 Å². The van der Waals surface area contributed by atoms with Crippen LogP contribution in [0.15, 0.2) is 36.4 Å². The minimum Gasteiger partial charge on any atom is -0.288 e. The molecule has 2 rings (SSSR count). The Bertz CT molecular complexity index is 597. The van der Waals surface area contributed by atoms with Crippen molar-refractivity contribution >= 4 is 40.6 Å². The molecule has 0 fully saturated rings. The lowest BCUT2D eigenvalue weighted by Crippen LogP contribution is -2.05. The van der Waals surface area contributed by atoms with Gasteiger partial charge in [-0.2, -0.15) is 0 Å². The van der Waals surface area contributed by atoms with Crippen LogP contribution in [0.1, 0.15) is 21.5 Å². The molecule has 0 aliphatic rings. The fourth-order valence-corrected chi connectivity index (χ4v) is 2.71. The van der Waals surface area contributed by atoms with Crippen molar-refractivity contribution in [2.45, 2.75) is 6.92 Å². The third-order valence-corrected chi connectivity index (χ3v) is 3.44. The minimum absolute atomic E-state index is 0.195. The van der Waals surface area contributed by atoms with Crippen molar-refractivity contribution in [3.05, 3.63) is 68.2 Å². The largest absolute Gasteiger partial charge is 0.288 e. The molecule has 0 saturated heterocycles. The van der Waals surface area contributed by atoms with Crippen molar-refractivity contribution in [2.24, 2.45) is 0 Å². The van der Waals surface area contributed by atoms with Crippen LogP contribution in [0.25, 0.3) is 0 Å². The van der Waals surface area contributed by atoms with Crippen LogP contribution < -0.4 is 0 Å². The summed E-state index contributed by atoms with van der Waals surface area (Å²) in [7, 11) is 0. The Kier molecular flexibility index (Phi) is 3.96. The molecule has 0 atom stereocenters. The van der Waals surface area contributed by atoms with Gasteiger partial charge in [-0.25, -0.2) is 0 Å². The van der Waals surface area contributed by atoms with Gasteiger partial charge < -0.3 is 0 Å². The highest BCUT2D eigenvalue weighted by molar-refractivity contribution is 6.43. The summed E-state index contributed by atoms with van der Waals surface area (Å²) < 4.78 is 0. The first-order valence-corrected chi connectivity index (χ1v) is 6.39. The first-order chi connectivity index (χ1) is 8.50. The normalized spacial score (nSPS) is 10.4. The standard InChI is InChI=1S/C14H9Cl3O/c1-8-4-2-3-5-10(8)14(18)13-11(16)6-9(15)7-12(13)17/h2-7H,1H3. The summed E-state index contributed by atoms with van der Waals surface area (Å²) >= 11 is 17.9. The summed E-state index contributed by atoms with van der Waals surface area (Å²) in [6.07, 6.45) is 0. The summed E-state index contributed by atoms with van der Waals surface area (Å²) in [5.74, 6) is -0.195. The molecule has 0 amide bonds. The minimum atomic E-state index is -0.195. The third kappa shape index (κ3) is 2.54. The van der Waals surface area contributed by atoms with Gasteiger partial charge in [-0.05, 0) is 24.6 Å². The summed E-state index contributed by atoms with van der Waals surface area (Å²) in [4.78, 5) is 12.4. The number of ketones is 1. The number of halogens is 3. The molecule has 0 aromatic heterocycles. The van der Waals surface area contributed by atoms with Crippen LogP contribution in [-0.2, 0) is 0 Å². The van der Waals surface area contributed by atoms with E-state index in [0.29, 0.717) is 10.6 Å². The third-order valence-electron chi connectivity index (χ3n) is 2.62. The van der Waals surface area contributed by atoms with Crippen molar-refractivity contribution in [3.8, 4) is 0 Å². The first-order valence-electron chi connectivity index (χ1n) is 5.25. The van der Waals surface area contributed by atoms with Gasteiger partial charge in [0.05, 0.1) is 15.6 Å². The van der Waals surface area contributed by atoms with E-state index in [1.807, 2.05) is 19.1 Å². The van der Waals surface area contributed by atoms with Crippen LogP contribution in [-0.4, -0.2) is 5.78 Å². The number of aryl methyl sites for hydroxylation is 1. The van der Waals surface area contributed by atoms with Crippen molar-refractivity contribution in [2.75, 3.05) is 0 Å². The number of rotatable bonds is 2. The molecule has 0 saturated carbocycles. The van der Waals surface area contributed by atoms with Crippen LogP contribution in [0.5, 0.6) is 0 Å². The summed E-state index contributed by atoms with van der Waals surface area (Å²) in [6.45, 7) is 1.87. The monoisotopic (exact) mass is 298 g/mol. The zero-order valence-electron chi connectivity index (χ0n) is 9.51. The van der Waals surface area contributed by atoms with E-state index in [9.17, 15) is 4.79 Å². The number of hydrogen-bond donors (Lipinski definition) is 0. The van der Waals surface area contributed by atoms with E-state index in [1.54, 1.807) is 12.1 Å². The van der Waals surface area contributed by atoms with Gasteiger partial charge >= 0.3 is 0 Å². The Morgan fingerprint density at radius 2 is 1.56 bits per heavy atom. The van der Waals surface area contributed by atoms with Crippen LogP contribution in [0.4, 0.5) is 0 Å². The van der Waals surface area contributed by atoms with E-state index < -0.39 is 0 Å². The fourth-order valence-electron chi connectivity index (χ4n) is 1.72. The molecule has 2 aromatic rings. The molecule has 2 aromatic carbocycles. The lowest BCUT2D eigenvalue weighted by Gasteiger charge is -2.08. The SMILES string of the molecule is Cc1ccccc1C(=O)c1c(Cl)cc(Cl)cc1Cl. The molecule has 0 aliphatic carbocycles. The number of carbonyl (C=O) groups excluding carboxylic acids is 1. The van der Waals surface area contributed by atoms with Crippen LogP contribution in [0.2, 0.25) is 15.1 Å². The smallest absolute Gasteiger partial charge is 0.196 e. The van der Waals surface area contributed by atoms with E-state index >= 15 is 0 Å². The second-order valence-corrected chi connectivity index (χ2v) is 5.14. The molecule has 0 unspecified atom stereocenters. The van der Waals surface area contributed by atoms with Crippen molar-refractivity contribution in [1.82, 2.24) is 0 Å². The summed E-state index contributed by atoms with van der Waals surface area (Å²) in [5.41, 5.74) is 1.75. The molecule has 0 heterocycles. The van der Waals surface area contributed by atoms with E-state index in [1.165, 1.54) is 12.1 Å². The molecule has 0 N–H and O–H groups in total. The Morgan fingerprint density at radius 3 is 2.11 bits per heavy atom. The van der Waals surface area contributed by atoms with E-state index in [-0.39, 0.29) is 21.4 Å². The van der Waals surface area contributed by atoms with Gasteiger partial charge in [-0.1, -0.05) is 59.1 Å². The van der Waals surface area contributed by atoms with Crippen molar-refractivity contribution < 1.29 is 4.79 Å². The van der Waals surface area contributed by atoms with Gasteiger partial charge in [0, 0.05) is 10.6 Å². The number of hydrogen-bond acceptors (Lipinski definition) is 1. The van der Waals surface area contributed by atoms with E-state index in [0.717, 1.165) is 5.56 Å². The predicted octanol–water partition coefficient (Wildman–Crippen LogP) is 5.19. The Hall–Kier alpha value is -1.02. The lowest BCUT2D eigenvalue weighted by molar-refractivity contribution is 0.103. The second kappa shape index (κ2) is 5.31.